The van der Waals surface area contributed by atoms with Crippen molar-refractivity contribution in [3.63, 3.8) is 0 Å². The van der Waals surface area contributed by atoms with E-state index in [1.54, 1.807) is 18.4 Å². The predicted molar refractivity (Wildman–Crippen MR) is 113 cm³/mol. The number of hydrogen-bond donors (Lipinski definition) is 2. The van der Waals surface area contributed by atoms with Crippen molar-refractivity contribution >= 4 is 22.9 Å². The molecule has 3 rings (SSSR count). The zero-order valence-electron chi connectivity index (χ0n) is 16.5. The van der Waals surface area contributed by atoms with Crippen molar-refractivity contribution in [2.45, 2.75) is 25.4 Å². The topological polar surface area (TPSA) is 62.8 Å². The van der Waals surface area contributed by atoms with Crippen LogP contribution in [0.5, 0.6) is 5.75 Å². The number of carbonyl (C=O) groups is 1. The zero-order valence-corrected chi connectivity index (χ0v) is 17.3. The van der Waals surface area contributed by atoms with Crippen molar-refractivity contribution in [1.82, 2.24) is 10.2 Å². The SMILES string of the molecule is COc1ccc(NC(=O)CC(C)NCC(c2cccs2)N2CCOCC2)cc1. The van der Waals surface area contributed by atoms with Gasteiger partial charge >= 0.3 is 0 Å². The second-order valence-electron chi connectivity index (χ2n) is 6.97. The number of anilines is 1. The lowest BCUT2D eigenvalue weighted by atomic mass is 10.1. The lowest BCUT2D eigenvalue weighted by Crippen LogP contribution is -2.44. The monoisotopic (exact) mass is 403 g/mol. The lowest BCUT2D eigenvalue weighted by Gasteiger charge is -2.34. The number of morpholine rings is 1. The Morgan fingerprint density at radius 3 is 2.64 bits per heavy atom. The summed E-state index contributed by atoms with van der Waals surface area (Å²) >= 11 is 1.78. The first-order valence-electron chi connectivity index (χ1n) is 9.68. The van der Waals surface area contributed by atoms with E-state index in [4.69, 9.17) is 9.47 Å². The summed E-state index contributed by atoms with van der Waals surface area (Å²) < 4.78 is 10.6. The fraction of sp³-hybridized carbons (Fsp3) is 0.476. The van der Waals surface area contributed by atoms with E-state index in [0.29, 0.717) is 12.5 Å². The predicted octanol–water partition coefficient (Wildman–Crippen LogP) is 3.14. The molecule has 1 aliphatic rings. The van der Waals surface area contributed by atoms with Gasteiger partial charge in [0.1, 0.15) is 5.75 Å². The van der Waals surface area contributed by atoms with Crippen LogP contribution in [0.25, 0.3) is 0 Å². The summed E-state index contributed by atoms with van der Waals surface area (Å²) in [5.74, 6) is 0.778. The van der Waals surface area contributed by atoms with Crippen LogP contribution in [0.2, 0.25) is 0 Å². The molecule has 0 bridgehead atoms. The highest BCUT2D eigenvalue weighted by atomic mass is 32.1. The third-order valence-corrected chi connectivity index (χ3v) is 5.86. The van der Waals surface area contributed by atoms with Gasteiger partial charge in [-0.3, -0.25) is 9.69 Å². The molecule has 2 unspecified atom stereocenters. The van der Waals surface area contributed by atoms with Gasteiger partial charge in [0.25, 0.3) is 0 Å². The fourth-order valence-electron chi connectivity index (χ4n) is 3.33. The van der Waals surface area contributed by atoms with Crippen LogP contribution in [-0.2, 0) is 9.53 Å². The molecule has 1 fully saturated rings. The van der Waals surface area contributed by atoms with Gasteiger partial charge in [-0.1, -0.05) is 6.07 Å². The van der Waals surface area contributed by atoms with Crippen molar-refractivity contribution in [1.29, 1.82) is 0 Å². The average Bonchev–Trinajstić information content (AvgIpc) is 3.24. The van der Waals surface area contributed by atoms with Crippen molar-refractivity contribution in [2.75, 3.05) is 45.3 Å². The summed E-state index contributed by atoms with van der Waals surface area (Å²) in [6, 6.07) is 12.1. The zero-order chi connectivity index (χ0) is 19.8. The van der Waals surface area contributed by atoms with Gasteiger partial charge in [0.15, 0.2) is 0 Å². The number of hydrogen-bond acceptors (Lipinski definition) is 6. The van der Waals surface area contributed by atoms with Crippen LogP contribution < -0.4 is 15.4 Å². The van der Waals surface area contributed by atoms with E-state index in [9.17, 15) is 4.79 Å². The second-order valence-corrected chi connectivity index (χ2v) is 7.95. The smallest absolute Gasteiger partial charge is 0.225 e. The first-order valence-corrected chi connectivity index (χ1v) is 10.6. The van der Waals surface area contributed by atoms with E-state index in [1.807, 2.05) is 24.3 Å². The van der Waals surface area contributed by atoms with Crippen LogP contribution in [0, 0.1) is 0 Å². The molecule has 152 valence electrons. The van der Waals surface area contributed by atoms with Crippen LogP contribution in [-0.4, -0.2) is 56.8 Å². The molecular formula is C21H29N3O3S. The Kier molecular flexibility index (Phi) is 7.85. The van der Waals surface area contributed by atoms with Crippen molar-refractivity contribution in [2.24, 2.45) is 0 Å². The molecule has 1 saturated heterocycles. The maximum atomic E-state index is 12.3. The van der Waals surface area contributed by atoms with Crippen LogP contribution in [0.4, 0.5) is 5.69 Å². The molecule has 1 aliphatic heterocycles. The van der Waals surface area contributed by atoms with E-state index < -0.39 is 0 Å². The molecule has 2 heterocycles. The summed E-state index contributed by atoms with van der Waals surface area (Å²) in [6.07, 6.45) is 0.423. The van der Waals surface area contributed by atoms with Gasteiger partial charge in [0.05, 0.1) is 26.4 Å². The van der Waals surface area contributed by atoms with Crippen LogP contribution >= 0.6 is 11.3 Å². The molecule has 28 heavy (non-hydrogen) atoms. The number of thiophene rings is 1. The Labute approximate surface area is 170 Å². The number of nitrogens with one attached hydrogen (secondary N) is 2. The molecule has 2 N–H and O–H groups in total. The Balaban J connectivity index is 1.49. The van der Waals surface area contributed by atoms with E-state index in [-0.39, 0.29) is 11.9 Å². The number of ether oxygens (including phenoxy) is 2. The van der Waals surface area contributed by atoms with E-state index in [1.165, 1.54) is 4.88 Å². The minimum absolute atomic E-state index is 0.00390. The Bertz CT molecular complexity index is 715. The molecule has 0 spiro atoms. The maximum Gasteiger partial charge on any atom is 0.225 e. The van der Waals surface area contributed by atoms with Crippen LogP contribution in [0.1, 0.15) is 24.3 Å². The van der Waals surface area contributed by atoms with Crippen molar-refractivity contribution < 1.29 is 14.3 Å². The average molecular weight is 404 g/mol. The number of nitrogens with zero attached hydrogens (tertiary/aromatic N) is 1. The highest BCUT2D eigenvalue weighted by Crippen LogP contribution is 2.25. The molecule has 2 aromatic rings. The number of benzene rings is 1. The quantitative estimate of drug-likeness (QED) is 0.674. The third-order valence-electron chi connectivity index (χ3n) is 4.88. The van der Waals surface area contributed by atoms with Crippen LogP contribution in [0.3, 0.4) is 0 Å². The molecule has 1 aromatic heterocycles. The summed E-state index contributed by atoms with van der Waals surface area (Å²) in [5, 5.41) is 8.61. The first-order chi connectivity index (χ1) is 13.7. The second kappa shape index (κ2) is 10.6. The molecule has 6 nitrogen and oxygen atoms in total. The number of amides is 1. The van der Waals surface area contributed by atoms with E-state index >= 15 is 0 Å². The van der Waals surface area contributed by atoms with Gasteiger partial charge in [0.2, 0.25) is 5.91 Å². The molecule has 0 radical (unpaired) electrons. The highest BCUT2D eigenvalue weighted by molar-refractivity contribution is 7.10. The largest absolute Gasteiger partial charge is 0.497 e. The number of rotatable bonds is 9. The molecule has 2 atom stereocenters. The van der Waals surface area contributed by atoms with Crippen molar-refractivity contribution in [3.8, 4) is 5.75 Å². The molecule has 0 aliphatic carbocycles. The summed E-state index contributed by atoms with van der Waals surface area (Å²) in [4.78, 5) is 16.2. The summed E-state index contributed by atoms with van der Waals surface area (Å²) in [6.45, 7) is 6.31. The molecule has 0 saturated carbocycles. The Morgan fingerprint density at radius 2 is 2.00 bits per heavy atom. The first kappa shape index (κ1) is 20.8. The van der Waals surface area contributed by atoms with Gasteiger partial charge in [-0.25, -0.2) is 0 Å². The van der Waals surface area contributed by atoms with E-state index in [2.05, 4.69) is 40.0 Å². The van der Waals surface area contributed by atoms with Gasteiger partial charge in [-0.15, -0.1) is 11.3 Å². The normalized spacial score (nSPS) is 17.1. The molecular weight excluding hydrogens is 374 g/mol. The number of carbonyl (C=O) groups excluding carboxylic acids is 1. The Hall–Kier alpha value is -1.93. The highest BCUT2D eigenvalue weighted by Gasteiger charge is 2.24. The third kappa shape index (κ3) is 6.04. The summed E-state index contributed by atoms with van der Waals surface area (Å²) in [5.41, 5.74) is 0.780. The minimum atomic E-state index is 0.00390. The fourth-order valence-corrected chi connectivity index (χ4v) is 4.19. The van der Waals surface area contributed by atoms with Crippen LogP contribution in [0.15, 0.2) is 41.8 Å². The number of methoxy groups -OCH3 is 1. The van der Waals surface area contributed by atoms with Gasteiger partial charge in [0, 0.05) is 42.7 Å². The summed E-state index contributed by atoms with van der Waals surface area (Å²) in [7, 11) is 1.63. The minimum Gasteiger partial charge on any atom is -0.497 e. The molecule has 7 heteroatoms. The Morgan fingerprint density at radius 1 is 1.25 bits per heavy atom. The molecule has 1 aromatic carbocycles. The van der Waals surface area contributed by atoms with Gasteiger partial charge < -0.3 is 20.1 Å². The van der Waals surface area contributed by atoms with Gasteiger partial charge in [-0.05, 0) is 42.6 Å². The van der Waals surface area contributed by atoms with Crippen molar-refractivity contribution in [3.05, 3.63) is 46.7 Å². The maximum absolute atomic E-state index is 12.3. The lowest BCUT2D eigenvalue weighted by molar-refractivity contribution is -0.116. The molecule has 1 amide bonds. The van der Waals surface area contributed by atoms with E-state index in [0.717, 1.165) is 44.3 Å². The van der Waals surface area contributed by atoms with Gasteiger partial charge in [-0.2, -0.15) is 0 Å². The standard InChI is InChI=1S/C21H29N3O3S/c1-16(14-21(25)23-17-5-7-18(26-2)8-6-17)22-15-19(20-4-3-13-28-20)24-9-11-27-12-10-24/h3-8,13,16,19,22H,9-12,14-15H2,1-2H3,(H,23,25).